The van der Waals surface area contributed by atoms with Crippen molar-refractivity contribution in [3.05, 3.63) is 11.1 Å². The number of ether oxygens (including phenoxy) is 4. The average Bonchev–Trinajstić information content (AvgIpc) is 3.53. The molecular formula is C23H28O6. The number of rotatable bonds is 2. The molecule has 6 nitrogen and oxygen atoms in total. The summed E-state index contributed by atoms with van der Waals surface area (Å²) in [6.45, 7) is 8.69. The molecule has 156 valence electrons. The van der Waals surface area contributed by atoms with Crippen molar-refractivity contribution in [1.82, 2.24) is 0 Å². The number of fused-ring (bicyclic) bond motifs is 4. The van der Waals surface area contributed by atoms with E-state index in [0.29, 0.717) is 18.4 Å². The van der Waals surface area contributed by atoms with Gasteiger partial charge in [-0.1, -0.05) is 20.8 Å². The molecule has 0 bridgehead atoms. The van der Waals surface area contributed by atoms with Gasteiger partial charge in [0.1, 0.15) is 17.8 Å². The molecule has 0 N–H and O–H groups in total. The molecule has 7 rings (SSSR count). The Kier molecular flexibility index (Phi) is 2.74. The van der Waals surface area contributed by atoms with Crippen LogP contribution in [0.4, 0.5) is 0 Å². The zero-order valence-electron chi connectivity index (χ0n) is 17.4. The van der Waals surface area contributed by atoms with Gasteiger partial charge in [-0.05, 0) is 54.4 Å². The van der Waals surface area contributed by atoms with E-state index in [1.54, 1.807) is 0 Å². The Bertz CT molecular complexity index is 922. The molecule has 6 heteroatoms. The fourth-order valence-electron chi connectivity index (χ4n) is 8.84. The highest BCUT2D eigenvalue weighted by molar-refractivity contribution is 5.92. The smallest absolute Gasteiger partial charge is 0.334 e. The molecule has 9 atom stereocenters. The molecule has 5 fully saturated rings. The molecular weight excluding hydrogens is 372 g/mol. The monoisotopic (exact) mass is 400 g/mol. The molecule has 0 aromatic heterocycles. The van der Waals surface area contributed by atoms with Crippen LogP contribution in [-0.4, -0.2) is 48.1 Å². The normalized spacial score (nSPS) is 57.6. The van der Waals surface area contributed by atoms with E-state index >= 15 is 0 Å². The van der Waals surface area contributed by atoms with Crippen molar-refractivity contribution >= 4 is 11.9 Å². The average molecular weight is 400 g/mol. The lowest BCUT2D eigenvalue weighted by Gasteiger charge is -2.56. The maximum absolute atomic E-state index is 12.2. The molecule has 0 radical (unpaired) electrons. The largest absolute Gasteiger partial charge is 0.458 e. The van der Waals surface area contributed by atoms with Gasteiger partial charge >= 0.3 is 11.9 Å². The van der Waals surface area contributed by atoms with Gasteiger partial charge in [0, 0.05) is 17.9 Å². The summed E-state index contributed by atoms with van der Waals surface area (Å²) in [4.78, 5) is 24.4. The van der Waals surface area contributed by atoms with Crippen LogP contribution in [0.2, 0.25) is 0 Å². The van der Waals surface area contributed by atoms with Crippen molar-refractivity contribution in [3.8, 4) is 0 Å². The minimum absolute atomic E-state index is 0.0188. The maximum atomic E-state index is 12.2. The summed E-state index contributed by atoms with van der Waals surface area (Å²) in [5.41, 5.74) is 1.30. The van der Waals surface area contributed by atoms with Crippen molar-refractivity contribution in [2.75, 3.05) is 6.61 Å². The number of carbonyl (C=O) groups is 2. The zero-order valence-corrected chi connectivity index (χ0v) is 17.4. The number of hydrogen-bond donors (Lipinski definition) is 0. The number of carbonyl (C=O) groups excluding carboxylic acids is 2. The second-order valence-corrected chi connectivity index (χ2v) is 11.0. The lowest BCUT2D eigenvalue weighted by Crippen LogP contribution is -2.65. The molecule has 7 aliphatic rings. The Morgan fingerprint density at radius 1 is 1.28 bits per heavy atom. The second-order valence-electron chi connectivity index (χ2n) is 11.0. The highest BCUT2D eigenvalue weighted by atomic mass is 16.7. The number of hydrogen-bond acceptors (Lipinski definition) is 6. The van der Waals surface area contributed by atoms with E-state index in [4.69, 9.17) is 18.9 Å². The van der Waals surface area contributed by atoms with Gasteiger partial charge in [-0.3, -0.25) is 4.79 Å². The van der Waals surface area contributed by atoms with Gasteiger partial charge in [-0.25, -0.2) is 4.79 Å². The van der Waals surface area contributed by atoms with Gasteiger partial charge in [0.05, 0.1) is 12.2 Å². The Balaban J connectivity index is 1.38. The summed E-state index contributed by atoms with van der Waals surface area (Å²) in [6.07, 6.45) is 3.59. The summed E-state index contributed by atoms with van der Waals surface area (Å²) < 4.78 is 24.6. The standard InChI is InChI=1S/C23H28O6/c1-10(2)22-17(29-22)15-8-21(15)20(4)6-5-12-13(9-26-18(12)25)14(20)7-16-23(21,28-16)19(22)27-11(3)24/h10,14-17,19H,5-9H2,1-4H3/t14-,15-,16-,17-,19+,20-,21-,22-,23+/m0/s1. The summed E-state index contributed by atoms with van der Waals surface area (Å²) in [6, 6.07) is 0. The third-order valence-electron chi connectivity index (χ3n) is 10.1. The van der Waals surface area contributed by atoms with Crippen molar-refractivity contribution in [2.45, 2.75) is 82.9 Å². The van der Waals surface area contributed by atoms with Gasteiger partial charge < -0.3 is 18.9 Å². The molecule has 0 aromatic carbocycles. The molecule has 0 aromatic rings. The van der Waals surface area contributed by atoms with Crippen LogP contribution < -0.4 is 0 Å². The third kappa shape index (κ3) is 1.53. The lowest BCUT2D eigenvalue weighted by molar-refractivity contribution is -0.170. The third-order valence-corrected chi connectivity index (χ3v) is 10.1. The molecule has 0 amide bonds. The molecule has 29 heavy (non-hydrogen) atoms. The number of epoxide rings is 2. The first-order chi connectivity index (χ1) is 13.7. The quantitative estimate of drug-likeness (QED) is 0.524. The first kappa shape index (κ1) is 17.3. The second kappa shape index (κ2) is 4.59. The highest BCUT2D eigenvalue weighted by Gasteiger charge is 2.99. The van der Waals surface area contributed by atoms with Crippen LogP contribution in [0.25, 0.3) is 0 Å². The zero-order chi connectivity index (χ0) is 20.1. The Labute approximate surface area is 170 Å². The van der Waals surface area contributed by atoms with Gasteiger partial charge in [0.15, 0.2) is 6.10 Å². The van der Waals surface area contributed by atoms with Crippen LogP contribution in [-0.2, 0) is 28.5 Å². The van der Waals surface area contributed by atoms with Crippen molar-refractivity contribution in [2.24, 2.45) is 28.6 Å². The summed E-state index contributed by atoms with van der Waals surface area (Å²) in [7, 11) is 0. The van der Waals surface area contributed by atoms with E-state index in [1.807, 2.05) is 0 Å². The molecule has 2 spiro atoms. The SMILES string of the molecule is CC(=O)O[C@@H]1[C@@]2(C(C)C)O[C@H]2[C@@H]2C[C@]23[C@]12O[C@H]2C[C@H]1C2=C(CC[C@@]13C)C(=O)OC2. The first-order valence-corrected chi connectivity index (χ1v) is 11.2. The molecule has 4 aliphatic carbocycles. The highest BCUT2D eigenvalue weighted by Crippen LogP contribution is 2.90. The summed E-state index contributed by atoms with van der Waals surface area (Å²) >= 11 is 0. The van der Waals surface area contributed by atoms with Crippen LogP contribution >= 0.6 is 0 Å². The van der Waals surface area contributed by atoms with E-state index in [2.05, 4.69) is 20.8 Å². The van der Waals surface area contributed by atoms with Crippen LogP contribution in [0.1, 0.15) is 53.4 Å². The van der Waals surface area contributed by atoms with Crippen molar-refractivity contribution in [3.63, 3.8) is 0 Å². The van der Waals surface area contributed by atoms with Crippen molar-refractivity contribution < 1.29 is 28.5 Å². The van der Waals surface area contributed by atoms with Gasteiger partial charge in [0.2, 0.25) is 0 Å². The minimum Gasteiger partial charge on any atom is -0.458 e. The van der Waals surface area contributed by atoms with E-state index in [1.165, 1.54) is 12.5 Å². The number of cyclic esters (lactones) is 1. The van der Waals surface area contributed by atoms with Crippen LogP contribution in [0.3, 0.4) is 0 Å². The van der Waals surface area contributed by atoms with Crippen LogP contribution in [0.15, 0.2) is 11.1 Å². The molecule has 2 saturated heterocycles. The molecule has 3 saturated carbocycles. The Morgan fingerprint density at radius 3 is 2.79 bits per heavy atom. The fourth-order valence-corrected chi connectivity index (χ4v) is 8.84. The van der Waals surface area contributed by atoms with E-state index in [9.17, 15) is 9.59 Å². The lowest BCUT2D eigenvalue weighted by atomic mass is 9.45. The Hall–Kier alpha value is -1.40. The van der Waals surface area contributed by atoms with Crippen molar-refractivity contribution in [1.29, 1.82) is 0 Å². The van der Waals surface area contributed by atoms with Crippen LogP contribution in [0.5, 0.6) is 0 Å². The maximum Gasteiger partial charge on any atom is 0.334 e. The molecule has 3 heterocycles. The minimum atomic E-state index is -0.423. The van der Waals surface area contributed by atoms with E-state index < -0.39 is 11.2 Å². The summed E-state index contributed by atoms with van der Waals surface area (Å²) in [5.74, 6) is 0.659. The predicted octanol–water partition coefficient (Wildman–Crippen LogP) is 2.54. The summed E-state index contributed by atoms with van der Waals surface area (Å²) in [5, 5.41) is 0. The van der Waals surface area contributed by atoms with Gasteiger partial charge in [-0.15, -0.1) is 0 Å². The fraction of sp³-hybridized carbons (Fsp3) is 0.826. The molecule has 0 unspecified atom stereocenters. The predicted molar refractivity (Wildman–Crippen MR) is 99.6 cm³/mol. The van der Waals surface area contributed by atoms with Gasteiger partial charge in [-0.2, -0.15) is 0 Å². The molecule has 3 aliphatic heterocycles. The van der Waals surface area contributed by atoms with E-state index in [0.717, 1.165) is 31.3 Å². The Morgan fingerprint density at radius 2 is 2.07 bits per heavy atom. The topological polar surface area (TPSA) is 77.7 Å². The van der Waals surface area contributed by atoms with Gasteiger partial charge in [0.25, 0.3) is 0 Å². The van der Waals surface area contributed by atoms with Crippen LogP contribution in [0, 0.1) is 28.6 Å². The number of esters is 2. The first-order valence-electron chi connectivity index (χ1n) is 11.2. The van der Waals surface area contributed by atoms with E-state index in [-0.39, 0.29) is 47.0 Å².